The molecule has 0 saturated carbocycles. The second kappa shape index (κ2) is 3.23. The van der Waals surface area contributed by atoms with Crippen LogP contribution in [0.1, 0.15) is 9.11 Å². The molecule has 0 heterocycles. The molecule has 0 atom stereocenters. The number of hydrogen-bond acceptors (Lipinski definition) is 1. The molecule has 0 amide bonds. The largest absolute Gasteiger partial charge is 0.198 e. The molecule has 0 rings (SSSR count). The van der Waals surface area contributed by atoms with Gasteiger partial charge in [0.1, 0.15) is 0 Å². The van der Waals surface area contributed by atoms with E-state index in [4.69, 9.17) is 8.00 Å². The van der Waals surface area contributed by atoms with Crippen molar-refractivity contribution in [3.63, 3.8) is 0 Å². The van der Waals surface area contributed by atoms with E-state index in [1.165, 1.54) is 6.07 Å². The second-order valence-electron chi connectivity index (χ2n) is 0.460. The monoisotopic (exact) mass is 69.1 g/mol. The minimum atomic E-state index is -1.85. The van der Waals surface area contributed by atoms with Gasteiger partial charge in [0.2, 0.25) is 0 Å². The lowest BCUT2D eigenvalue weighted by molar-refractivity contribution is 1.36. The van der Waals surface area contributed by atoms with E-state index in [1.54, 1.807) is 0 Å². The third-order valence-electron chi connectivity index (χ3n) is 0.167. The lowest BCUT2D eigenvalue weighted by Crippen LogP contribution is -1.45. The van der Waals surface area contributed by atoms with E-state index in [1.807, 2.05) is 0 Å². The van der Waals surface area contributed by atoms with E-state index < -0.39 is 6.37 Å². The Morgan fingerprint density at radius 1 is 2.40 bits per heavy atom. The molecular weight excluding hydrogens is 62.1 g/mol. The Kier molecular flexibility index (Phi) is 1.04. The van der Waals surface area contributed by atoms with Gasteiger partial charge < -0.3 is 0 Å². The van der Waals surface area contributed by atoms with Crippen LogP contribution < -0.4 is 0 Å². The molecule has 1 nitrogen and oxygen atoms in total. The van der Waals surface area contributed by atoms with Crippen molar-refractivity contribution in [2.24, 2.45) is 0 Å². The maximum absolute atomic E-state index is 7.90. The van der Waals surface area contributed by atoms with Gasteiger partial charge in [-0.2, -0.15) is 5.26 Å². The van der Waals surface area contributed by atoms with Gasteiger partial charge >= 0.3 is 0 Å². The van der Waals surface area contributed by atoms with Crippen molar-refractivity contribution in [2.75, 3.05) is 0 Å². The summed E-state index contributed by atoms with van der Waals surface area (Å²) in [6.07, 6.45) is -0.882. The molecule has 0 spiro atoms. The van der Waals surface area contributed by atoms with Gasteiger partial charge in [-0.3, -0.25) is 0 Å². The minimum absolute atomic E-state index is 0.965. The number of nitriles is 1. The molecule has 0 aromatic rings. The predicted molar refractivity (Wildman–Crippen MR) is 20.4 cm³/mol. The quantitative estimate of drug-likeness (QED) is 0.423. The standard InChI is InChI=1S/C4H5N/c1-2-3-4-5/h2H,1,3H2/i3D2. The van der Waals surface area contributed by atoms with Gasteiger partial charge in [-0.05, 0) is 0 Å². The molecule has 0 aliphatic carbocycles. The highest BCUT2D eigenvalue weighted by molar-refractivity contribution is 4.82. The summed E-state index contributed by atoms with van der Waals surface area (Å²) < 4.78 is 13.2. The number of nitrogens with zero attached hydrogens (tertiary/aromatic N) is 1. The normalized spacial score (nSPS) is 14.2. The Labute approximate surface area is 34.3 Å². The van der Waals surface area contributed by atoms with Crippen molar-refractivity contribution < 1.29 is 2.74 Å². The zero-order valence-electron chi connectivity index (χ0n) is 4.73. The summed E-state index contributed by atoms with van der Waals surface area (Å²) in [4.78, 5) is 0. The van der Waals surface area contributed by atoms with Gasteiger partial charge in [-0.15, -0.1) is 6.58 Å². The maximum Gasteiger partial charge on any atom is 0.0663 e. The van der Waals surface area contributed by atoms with Crippen LogP contribution in [0.15, 0.2) is 12.7 Å². The summed E-state index contributed by atoms with van der Waals surface area (Å²) >= 11 is 0. The van der Waals surface area contributed by atoms with Gasteiger partial charge in [0.05, 0.1) is 12.4 Å². The first-order valence-electron chi connectivity index (χ1n) is 2.17. The number of hydrogen-bond donors (Lipinski definition) is 0. The molecule has 0 fully saturated rings. The van der Waals surface area contributed by atoms with E-state index >= 15 is 0 Å². The molecule has 0 saturated heterocycles. The van der Waals surface area contributed by atoms with E-state index in [0.29, 0.717) is 0 Å². The zero-order chi connectivity index (χ0) is 5.91. The molecule has 0 unspecified atom stereocenters. The first-order valence-corrected chi connectivity index (χ1v) is 1.17. The van der Waals surface area contributed by atoms with Crippen LogP contribution in [0.25, 0.3) is 0 Å². The van der Waals surface area contributed by atoms with Crippen LogP contribution in [0.3, 0.4) is 0 Å². The molecule has 0 aromatic heterocycles. The predicted octanol–water partition coefficient (Wildman–Crippen LogP) is 1.09. The van der Waals surface area contributed by atoms with Crippen molar-refractivity contribution in [1.82, 2.24) is 0 Å². The molecule has 5 heavy (non-hydrogen) atoms. The molecule has 0 radical (unpaired) electrons. The Morgan fingerprint density at radius 2 is 3.00 bits per heavy atom. The molecule has 26 valence electrons. The highest BCUT2D eigenvalue weighted by Crippen LogP contribution is 1.67. The first kappa shape index (κ1) is 1.61. The van der Waals surface area contributed by atoms with Crippen molar-refractivity contribution in [2.45, 2.75) is 6.37 Å². The lowest BCUT2D eigenvalue weighted by atomic mass is 10.5. The van der Waals surface area contributed by atoms with Crippen LogP contribution in [-0.2, 0) is 0 Å². The molecule has 0 bridgehead atoms. The lowest BCUT2D eigenvalue weighted by Gasteiger charge is -1.55. The third-order valence-corrected chi connectivity index (χ3v) is 0.167. The van der Waals surface area contributed by atoms with Crippen molar-refractivity contribution in [1.29, 1.82) is 5.26 Å². The van der Waals surface area contributed by atoms with Crippen LogP contribution in [0, 0.1) is 11.3 Å². The Balaban J connectivity index is 3.91. The maximum atomic E-state index is 7.90. The molecule has 0 aliphatic heterocycles. The fourth-order valence-electron chi connectivity index (χ4n) is 0.0456. The van der Waals surface area contributed by atoms with E-state index in [9.17, 15) is 0 Å². The highest BCUT2D eigenvalue weighted by atomic mass is 14.2. The molecule has 0 N–H and O–H groups in total. The van der Waals surface area contributed by atoms with Crippen molar-refractivity contribution in [3.05, 3.63) is 12.7 Å². The van der Waals surface area contributed by atoms with Gasteiger partial charge in [0.15, 0.2) is 0 Å². The highest BCUT2D eigenvalue weighted by Gasteiger charge is 1.56. The number of rotatable bonds is 1. The molecule has 0 aromatic carbocycles. The van der Waals surface area contributed by atoms with E-state index in [2.05, 4.69) is 6.58 Å². The summed E-state index contributed by atoms with van der Waals surface area (Å²) in [5.74, 6) is 0. The third kappa shape index (κ3) is 3.23. The van der Waals surface area contributed by atoms with Crippen LogP contribution in [-0.4, -0.2) is 0 Å². The summed E-state index contributed by atoms with van der Waals surface area (Å²) in [6.45, 7) is 3.11. The second-order valence-corrected chi connectivity index (χ2v) is 0.460. The summed E-state index contributed by atoms with van der Waals surface area (Å²) in [7, 11) is 0. The molecule has 1 heteroatoms. The van der Waals surface area contributed by atoms with E-state index in [0.717, 1.165) is 6.08 Å². The number of allylic oxidation sites excluding steroid dienone is 1. The van der Waals surface area contributed by atoms with Crippen LogP contribution in [0.4, 0.5) is 0 Å². The smallest absolute Gasteiger partial charge is 0.0663 e. The average Bonchev–Trinajstić information content (AvgIpc) is 1.68. The van der Waals surface area contributed by atoms with Gasteiger partial charge in [-0.1, -0.05) is 6.08 Å². The average molecular weight is 69.1 g/mol. The van der Waals surface area contributed by atoms with Crippen molar-refractivity contribution >= 4 is 0 Å². The zero-order valence-corrected chi connectivity index (χ0v) is 2.73. The Morgan fingerprint density at radius 3 is 3.00 bits per heavy atom. The van der Waals surface area contributed by atoms with Gasteiger partial charge in [0, 0.05) is 2.74 Å². The van der Waals surface area contributed by atoms with Gasteiger partial charge in [0.25, 0.3) is 0 Å². The Bertz CT molecular complexity index is 111. The first-order chi connectivity index (χ1) is 3.12. The molecule has 0 aliphatic rings. The topological polar surface area (TPSA) is 23.8 Å². The van der Waals surface area contributed by atoms with Crippen molar-refractivity contribution in [3.8, 4) is 6.07 Å². The van der Waals surface area contributed by atoms with Crippen LogP contribution in [0.5, 0.6) is 0 Å². The summed E-state index contributed by atoms with van der Waals surface area (Å²) in [5.41, 5.74) is 0. The minimum Gasteiger partial charge on any atom is -0.198 e. The van der Waals surface area contributed by atoms with Gasteiger partial charge in [-0.25, -0.2) is 0 Å². The molecular formula is C4H5N. The van der Waals surface area contributed by atoms with E-state index in [-0.39, 0.29) is 0 Å². The fourth-order valence-corrected chi connectivity index (χ4v) is 0.0456. The Hall–Kier alpha value is -0.770. The SMILES string of the molecule is [2H]C([2H])(C#N)C=C. The fraction of sp³-hybridized carbons (Fsp3) is 0.250. The summed E-state index contributed by atoms with van der Waals surface area (Å²) in [6, 6.07) is 1.41. The van der Waals surface area contributed by atoms with Crippen LogP contribution >= 0.6 is 0 Å². The van der Waals surface area contributed by atoms with Crippen LogP contribution in [0.2, 0.25) is 0 Å². The summed E-state index contributed by atoms with van der Waals surface area (Å²) in [5, 5.41) is 7.90.